The van der Waals surface area contributed by atoms with Crippen LogP contribution in [0.25, 0.3) is 0 Å². The van der Waals surface area contributed by atoms with Crippen LogP contribution in [0.15, 0.2) is 40.9 Å². The Hall–Kier alpha value is -1.59. The first kappa shape index (κ1) is 14.8. The normalized spacial score (nSPS) is 10.2. The number of pyridine rings is 1. The summed E-state index contributed by atoms with van der Waals surface area (Å²) in [6.07, 6.45) is 0. The van der Waals surface area contributed by atoms with Gasteiger partial charge in [-0.25, -0.2) is 4.98 Å². The molecule has 0 radical (unpaired) electrons. The third kappa shape index (κ3) is 3.71. The average Bonchev–Trinajstić information content (AvgIpc) is 2.45. The van der Waals surface area contributed by atoms with Gasteiger partial charge in [0.15, 0.2) is 0 Å². The molecule has 104 valence electrons. The summed E-state index contributed by atoms with van der Waals surface area (Å²) in [4.78, 5) is 16.1. The minimum atomic E-state index is -0.193. The van der Waals surface area contributed by atoms with Crippen molar-refractivity contribution >= 4 is 39.3 Å². The largest absolute Gasteiger partial charge is 0.373 e. The predicted octanol–water partition coefficient (Wildman–Crippen LogP) is 3.47. The number of anilines is 1. The summed E-state index contributed by atoms with van der Waals surface area (Å²) < 4.78 is 0.962. The summed E-state index contributed by atoms with van der Waals surface area (Å²) in [6.45, 7) is 0.440. The van der Waals surface area contributed by atoms with Gasteiger partial charge in [0.1, 0.15) is 11.0 Å². The summed E-state index contributed by atoms with van der Waals surface area (Å²) in [6, 6.07) is 10.9. The fourth-order valence-corrected chi connectivity index (χ4v) is 2.31. The summed E-state index contributed by atoms with van der Waals surface area (Å²) in [5, 5.41) is 5.99. The number of amides is 1. The van der Waals surface area contributed by atoms with Gasteiger partial charge >= 0.3 is 0 Å². The predicted molar refractivity (Wildman–Crippen MR) is 84.1 cm³/mol. The van der Waals surface area contributed by atoms with Gasteiger partial charge in [-0.2, -0.15) is 0 Å². The molecule has 0 aliphatic carbocycles. The standard InChI is InChI=1S/C14H13BrClN3O/c1-17-13-7-10(6-12(16)19-13)14(20)18-8-9-4-2-3-5-11(9)15/h2-7H,8H2,1H3,(H,17,19)(H,18,20). The Morgan fingerprint density at radius 1 is 1.35 bits per heavy atom. The summed E-state index contributed by atoms with van der Waals surface area (Å²) in [5.41, 5.74) is 1.48. The van der Waals surface area contributed by atoms with E-state index in [1.165, 1.54) is 6.07 Å². The van der Waals surface area contributed by atoms with E-state index in [4.69, 9.17) is 11.6 Å². The molecule has 1 amide bonds. The fourth-order valence-electron chi connectivity index (χ4n) is 1.68. The van der Waals surface area contributed by atoms with Crippen molar-refractivity contribution in [2.75, 3.05) is 12.4 Å². The van der Waals surface area contributed by atoms with Gasteiger partial charge in [0.05, 0.1) is 0 Å². The Morgan fingerprint density at radius 3 is 2.80 bits per heavy atom. The fraction of sp³-hybridized carbons (Fsp3) is 0.143. The zero-order valence-electron chi connectivity index (χ0n) is 10.8. The summed E-state index contributed by atoms with van der Waals surface area (Å²) in [7, 11) is 1.72. The van der Waals surface area contributed by atoms with Crippen molar-refractivity contribution in [3.05, 3.63) is 57.2 Å². The van der Waals surface area contributed by atoms with Gasteiger partial charge in [0, 0.05) is 23.6 Å². The van der Waals surface area contributed by atoms with Crippen LogP contribution in [-0.2, 0) is 6.54 Å². The second kappa shape index (κ2) is 6.72. The van der Waals surface area contributed by atoms with Gasteiger partial charge in [0.2, 0.25) is 0 Å². The van der Waals surface area contributed by atoms with Crippen molar-refractivity contribution in [1.82, 2.24) is 10.3 Å². The number of carbonyl (C=O) groups is 1. The molecule has 6 heteroatoms. The second-order valence-electron chi connectivity index (χ2n) is 4.09. The molecule has 1 aromatic heterocycles. The van der Waals surface area contributed by atoms with Gasteiger partial charge < -0.3 is 10.6 Å². The van der Waals surface area contributed by atoms with Crippen LogP contribution in [0.1, 0.15) is 15.9 Å². The second-order valence-corrected chi connectivity index (χ2v) is 5.33. The lowest BCUT2D eigenvalue weighted by atomic mass is 10.2. The van der Waals surface area contributed by atoms with E-state index in [1.54, 1.807) is 13.1 Å². The van der Waals surface area contributed by atoms with Crippen molar-refractivity contribution in [3.63, 3.8) is 0 Å². The first-order chi connectivity index (χ1) is 9.60. The van der Waals surface area contributed by atoms with Crippen molar-refractivity contribution < 1.29 is 4.79 Å². The topological polar surface area (TPSA) is 54.0 Å². The molecular weight excluding hydrogens is 342 g/mol. The van der Waals surface area contributed by atoms with Gasteiger partial charge in [-0.3, -0.25) is 4.79 Å². The van der Waals surface area contributed by atoms with E-state index in [1.807, 2.05) is 24.3 Å². The Balaban J connectivity index is 2.09. The Labute approximate surface area is 130 Å². The zero-order chi connectivity index (χ0) is 14.5. The molecule has 0 unspecified atom stereocenters. The monoisotopic (exact) mass is 353 g/mol. The molecule has 1 heterocycles. The number of rotatable bonds is 4. The number of nitrogens with zero attached hydrogens (tertiary/aromatic N) is 1. The lowest BCUT2D eigenvalue weighted by Crippen LogP contribution is -2.23. The van der Waals surface area contributed by atoms with Crippen LogP contribution in [0.2, 0.25) is 5.15 Å². The van der Waals surface area contributed by atoms with Crippen molar-refractivity contribution in [1.29, 1.82) is 0 Å². The molecule has 2 aromatic rings. The highest BCUT2D eigenvalue weighted by atomic mass is 79.9. The van der Waals surface area contributed by atoms with Gasteiger partial charge in [0.25, 0.3) is 5.91 Å². The number of carbonyl (C=O) groups excluding carboxylic acids is 1. The maximum atomic E-state index is 12.1. The van der Waals surface area contributed by atoms with Gasteiger partial charge in [-0.1, -0.05) is 45.7 Å². The van der Waals surface area contributed by atoms with E-state index in [2.05, 4.69) is 31.5 Å². The van der Waals surface area contributed by atoms with Crippen molar-refractivity contribution in [3.8, 4) is 0 Å². The smallest absolute Gasteiger partial charge is 0.251 e. The molecule has 0 spiro atoms. The van der Waals surface area contributed by atoms with Gasteiger partial charge in [-0.15, -0.1) is 0 Å². The third-order valence-electron chi connectivity index (χ3n) is 2.71. The minimum absolute atomic E-state index is 0.193. The molecule has 1 aromatic carbocycles. The maximum absolute atomic E-state index is 12.1. The SMILES string of the molecule is CNc1cc(C(=O)NCc2ccccc2Br)cc(Cl)n1. The number of halogens is 2. The van der Waals surface area contributed by atoms with Crippen LogP contribution in [0.3, 0.4) is 0 Å². The quantitative estimate of drug-likeness (QED) is 0.827. The molecule has 0 aliphatic heterocycles. The number of nitrogens with one attached hydrogen (secondary N) is 2. The highest BCUT2D eigenvalue weighted by Gasteiger charge is 2.09. The van der Waals surface area contributed by atoms with E-state index in [-0.39, 0.29) is 11.1 Å². The maximum Gasteiger partial charge on any atom is 0.251 e. The van der Waals surface area contributed by atoms with E-state index >= 15 is 0 Å². The lowest BCUT2D eigenvalue weighted by Gasteiger charge is -2.08. The molecule has 2 N–H and O–H groups in total. The highest BCUT2D eigenvalue weighted by Crippen LogP contribution is 2.17. The summed E-state index contributed by atoms with van der Waals surface area (Å²) in [5.74, 6) is 0.366. The van der Waals surface area contributed by atoms with Crippen LogP contribution in [-0.4, -0.2) is 17.9 Å². The van der Waals surface area contributed by atoms with Crippen LogP contribution in [0, 0.1) is 0 Å². The lowest BCUT2D eigenvalue weighted by molar-refractivity contribution is 0.0951. The molecule has 2 rings (SSSR count). The zero-order valence-corrected chi connectivity index (χ0v) is 13.1. The highest BCUT2D eigenvalue weighted by molar-refractivity contribution is 9.10. The molecule has 20 heavy (non-hydrogen) atoms. The van der Waals surface area contributed by atoms with Crippen molar-refractivity contribution in [2.45, 2.75) is 6.54 Å². The molecule has 0 bridgehead atoms. The Kier molecular flexibility index (Phi) is 4.98. The molecular formula is C14H13BrClN3O. The molecule has 0 atom stereocenters. The van der Waals surface area contributed by atoms with E-state index in [0.29, 0.717) is 17.9 Å². The Bertz CT molecular complexity index is 634. The molecule has 0 aliphatic rings. The molecule has 0 saturated carbocycles. The minimum Gasteiger partial charge on any atom is -0.373 e. The number of hydrogen-bond donors (Lipinski definition) is 2. The molecule has 4 nitrogen and oxygen atoms in total. The molecule has 0 saturated heterocycles. The Morgan fingerprint density at radius 2 is 2.10 bits per heavy atom. The first-order valence-electron chi connectivity index (χ1n) is 5.97. The van der Waals surface area contributed by atoms with Crippen LogP contribution in [0.4, 0.5) is 5.82 Å². The molecule has 0 fully saturated rings. The summed E-state index contributed by atoms with van der Waals surface area (Å²) >= 11 is 9.32. The van der Waals surface area contributed by atoms with Crippen LogP contribution < -0.4 is 10.6 Å². The first-order valence-corrected chi connectivity index (χ1v) is 7.14. The van der Waals surface area contributed by atoms with Crippen LogP contribution >= 0.6 is 27.5 Å². The van der Waals surface area contributed by atoms with E-state index < -0.39 is 0 Å². The van der Waals surface area contributed by atoms with Crippen molar-refractivity contribution in [2.24, 2.45) is 0 Å². The third-order valence-corrected chi connectivity index (χ3v) is 3.68. The van der Waals surface area contributed by atoms with E-state index in [0.717, 1.165) is 10.0 Å². The number of benzene rings is 1. The number of aromatic nitrogens is 1. The van der Waals surface area contributed by atoms with Crippen LogP contribution in [0.5, 0.6) is 0 Å². The van der Waals surface area contributed by atoms with Gasteiger partial charge in [-0.05, 0) is 23.8 Å². The van der Waals surface area contributed by atoms with E-state index in [9.17, 15) is 4.79 Å². The average molecular weight is 355 g/mol. The number of hydrogen-bond acceptors (Lipinski definition) is 3.